The Bertz CT molecular complexity index is 369. The van der Waals surface area contributed by atoms with Gasteiger partial charge >= 0.3 is 0 Å². The van der Waals surface area contributed by atoms with Crippen molar-refractivity contribution in [3.8, 4) is 0 Å². The number of hydrogen-bond acceptors (Lipinski definition) is 2. The van der Waals surface area contributed by atoms with Gasteiger partial charge in [0, 0.05) is 18.1 Å². The Balaban J connectivity index is 1.86. The van der Waals surface area contributed by atoms with Gasteiger partial charge in [-0.05, 0) is 43.5 Å². The number of nitrogens with zero attached hydrogens (tertiary/aromatic N) is 1. The van der Waals surface area contributed by atoms with Crippen LogP contribution in [-0.4, -0.2) is 29.7 Å². The molecule has 0 aliphatic heterocycles. The van der Waals surface area contributed by atoms with Crippen LogP contribution in [0, 0.1) is 5.92 Å². The van der Waals surface area contributed by atoms with Crippen LogP contribution in [0.1, 0.15) is 24.8 Å². The SMILES string of the molecule is CN(Cc1cccc(Cl)c1)CC1CCCC1O. The summed E-state index contributed by atoms with van der Waals surface area (Å²) in [6.07, 6.45) is 3.19. The van der Waals surface area contributed by atoms with Gasteiger partial charge in [0.2, 0.25) is 0 Å². The van der Waals surface area contributed by atoms with Crippen LogP contribution >= 0.6 is 11.6 Å². The Morgan fingerprint density at radius 3 is 2.88 bits per heavy atom. The average molecular weight is 254 g/mol. The third-order valence-corrected chi connectivity index (χ3v) is 3.74. The smallest absolute Gasteiger partial charge is 0.0580 e. The minimum absolute atomic E-state index is 0.100. The first kappa shape index (κ1) is 12.9. The Hall–Kier alpha value is -0.570. The van der Waals surface area contributed by atoms with E-state index in [4.69, 9.17) is 11.6 Å². The van der Waals surface area contributed by atoms with Crippen LogP contribution in [0.4, 0.5) is 0 Å². The van der Waals surface area contributed by atoms with E-state index in [2.05, 4.69) is 18.0 Å². The molecule has 2 nitrogen and oxygen atoms in total. The Labute approximate surface area is 108 Å². The maximum absolute atomic E-state index is 9.80. The molecule has 17 heavy (non-hydrogen) atoms. The van der Waals surface area contributed by atoms with Gasteiger partial charge in [-0.1, -0.05) is 30.2 Å². The van der Waals surface area contributed by atoms with Gasteiger partial charge < -0.3 is 10.0 Å². The Kier molecular flexibility index (Phi) is 4.43. The molecule has 2 atom stereocenters. The molecular formula is C14H20ClNO. The third-order valence-electron chi connectivity index (χ3n) is 3.51. The lowest BCUT2D eigenvalue weighted by Gasteiger charge is -2.23. The van der Waals surface area contributed by atoms with Gasteiger partial charge in [-0.2, -0.15) is 0 Å². The van der Waals surface area contributed by atoms with Crippen molar-refractivity contribution >= 4 is 11.6 Å². The summed E-state index contributed by atoms with van der Waals surface area (Å²) >= 11 is 5.96. The van der Waals surface area contributed by atoms with E-state index in [9.17, 15) is 5.11 Å². The molecule has 1 saturated carbocycles. The zero-order valence-corrected chi connectivity index (χ0v) is 11.0. The predicted molar refractivity (Wildman–Crippen MR) is 71.1 cm³/mol. The Morgan fingerprint density at radius 2 is 2.24 bits per heavy atom. The van der Waals surface area contributed by atoms with Crippen molar-refractivity contribution in [1.29, 1.82) is 0 Å². The second-order valence-corrected chi connectivity index (χ2v) is 5.52. The van der Waals surface area contributed by atoms with Gasteiger partial charge in [-0.3, -0.25) is 0 Å². The molecule has 0 aromatic heterocycles. The van der Waals surface area contributed by atoms with Crippen molar-refractivity contribution in [1.82, 2.24) is 4.90 Å². The topological polar surface area (TPSA) is 23.5 Å². The highest BCUT2D eigenvalue weighted by atomic mass is 35.5. The monoisotopic (exact) mass is 253 g/mol. The zero-order chi connectivity index (χ0) is 12.3. The molecule has 0 bridgehead atoms. The fraction of sp³-hybridized carbons (Fsp3) is 0.571. The van der Waals surface area contributed by atoms with Crippen molar-refractivity contribution in [2.75, 3.05) is 13.6 Å². The highest BCUT2D eigenvalue weighted by Gasteiger charge is 2.25. The van der Waals surface area contributed by atoms with E-state index in [0.29, 0.717) is 5.92 Å². The fourth-order valence-corrected chi connectivity index (χ4v) is 2.85. The van der Waals surface area contributed by atoms with Crippen LogP contribution < -0.4 is 0 Å². The van der Waals surface area contributed by atoms with E-state index in [-0.39, 0.29) is 6.10 Å². The molecule has 0 spiro atoms. The number of hydrogen-bond donors (Lipinski definition) is 1. The largest absolute Gasteiger partial charge is 0.393 e. The van der Waals surface area contributed by atoms with Crippen LogP contribution in [0.3, 0.4) is 0 Å². The minimum Gasteiger partial charge on any atom is -0.393 e. The molecule has 1 aliphatic rings. The van der Waals surface area contributed by atoms with Gasteiger partial charge in [0.1, 0.15) is 0 Å². The van der Waals surface area contributed by atoms with Crippen LogP contribution in [-0.2, 0) is 6.54 Å². The standard InChI is InChI=1S/C14H20ClNO/c1-16(10-12-5-3-7-14(12)17)9-11-4-2-6-13(15)8-11/h2,4,6,8,12,14,17H,3,5,7,9-10H2,1H3. The molecule has 2 unspecified atom stereocenters. The maximum Gasteiger partial charge on any atom is 0.0580 e. The minimum atomic E-state index is -0.100. The summed E-state index contributed by atoms with van der Waals surface area (Å²) in [5.74, 6) is 0.444. The summed E-state index contributed by atoms with van der Waals surface area (Å²) in [5, 5.41) is 10.6. The highest BCUT2D eigenvalue weighted by molar-refractivity contribution is 6.30. The molecule has 0 saturated heterocycles. The maximum atomic E-state index is 9.80. The molecule has 0 heterocycles. The van der Waals surface area contributed by atoms with Gasteiger partial charge in [-0.25, -0.2) is 0 Å². The number of halogens is 1. The summed E-state index contributed by atoms with van der Waals surface area (Å²) in [5.41, 5.74) is 1.23. The Morgan fingerprint density at radius 1 is 1.41 bits per heavy atom. The molecule has 3 heteroatoms. The van der Waals surface area contributed by atoms with Gasteiger partial charge in [0.05, 0.1) is 6.10 Å². The van der Waals surface area contributed by atoms with E-state index in [1.807, 2.05) is 18.2 Å². The number of aliphatic hydroxyl groups excluding tert-OH is 1. The van der Waals surface area contributed by atoms with Crippen LogP contribution in [0.5, 0.6) is 0 Å². The van der Waals surface area contributed by atoms with Crippen LogP contribution in [0.15, 0.2) is 24.3 Å². The first-order valence-corrected chi connectivity index (χ1v) is 6.64. The summed E-state index contributed by atoms with van der Waals surface area (Å²) in [6.45, 7) is 1.86. The fourth-order valence-electron chi connectivity index (χ4n) is 2.64. The number of rotatable bonds is 4. The van der Waals surface area contributed by atoms with E-state index in [0.717, 1.165) is 37.4 Å². The summed E-state index contributed by atoms with van der Waals surface area (Å²) in [6, 6.07) is 7.97. The molecule has 1 fully saturated rings. The second-order valence-electron chi connectivity index (χ2n) is 5.09. The van der Waals surface area contributed by atoms with E-state index >= 15 is 0 Å². The van der Waals surface area contributed by atoms with Gasteiger partial charge in [-0.15, -0.1) is 0 Å². The highest BCUT2D eigenvalue weighted by Crippen LogP contribution is 2.26. The lowest BCUT2D eigenvalue weighted by atomic mass is 10.1. The lowest BCUT2D eigenvalue weighted by molar-refractivity contribution is 0.108. The van der Waals surface area contributed by atoms with E-state index < -0.39 is 0 Å². The number of benzene rings is 1. The second kappa shape index (κ2) is 5.85. The van der Waals surface area contributed by atoms with Crippen LogP contribution in [0.2, 0.25) is 5.02 Å². The predicted octanol–water partition coefficient (Wildman–Crippen LogP) is 2.93. The molecule has 1 N–H and O–H groups in total. The van der Waals surface area contributed by atoms with Crippen molar-refractivity contribution in [2.45, 2.75) is 31.9 Å². The lowest BCUT2D eigenvalue weighted by Crippen LogP contribution is -2.29. The van der Waals surface area contributed by atoms with Crippen molar-refractivity contribution in [3.63, 3.8) is 0 Å². The zero-order valence-electron chi connectivity index (χ0n) is 10.3. The molecule has 1 aromatic rings. The van der Waals surface area contributed by atoms with Gasteiger partial charge in [0.15, 0.2) is 0 Å². The van der Waals surface area contributed by atoms with E-state index in [1.54, 1.807) is 0 Å². The summed E-state index contributed by atoms with van der Waals surface area (Å²) < 4.78 is 0. The molecule has 94 valence electrons. The number of aliphatic hydroxyl groups is 1. The molecular weight excluding hydrogens is 234 g/mol. The molecule has 1 aromatic carbocycles. The molecule has 0 amide bonds. The summed E-state index contributed by atoms with van der Waals surface area (Å²) in [4.78, 5) is 2.27. The normalized spacial score (nSPS) is 24.5. The first-order chi connectivity index (χ1) is 8.15. The van der Waals surface area contributed by atoms with Crippen LogP contribution in [0.25, 0.3) is 0 Å². The van der Waals surface area contributed by atoms with Crippen molar-refractivity contribution in [3.05, 3.63) is 34.9 Å². The van der Waals surface area contributed by atoms with Crippen molar-refractivity contribution < 1.29 is 5.11 Å². The average Bonchev–Trinajstić information content (AvgIpc) is 2.64. The quantitative estimate of drug-likeness (QED) is 0.892. The van der Waals surface area contributed by atoms with Crippen molar-refractivity contribution in [2.24, 2.45) is 5.92 Å². The molecule has 0 radical (unpaired) electrons. The molecule has 2 rings (SSSR count). The third kappa shape index (κ3) is 3.70. The van der Waals surface area contributed by atoms with E-state index in [1.165, 1.54) is 5.56 Å². The molecule has 1 aliphatic carbocycles. The summed E-state index contributed by atoms with van der Waals surface area (Å²) in [7, 11) is 2.10. The first-order valence-electron chi connectivity index (χ1n) is 6.26. The van der Waals surface area contributed by atoms with Gasteiger partial charge in [0.25, 0.3) is 0 Å².